The number of hydrogen-bond acceptors (Lipinski definition) is 3. The van der Waals surface area contributed by atoms with Crippen LogP contribution in [0.3, 0.4) is 0 Å². The van der Waals surface area contributed by atoms with Gasteiger partial charge < -0.3 is 10.2 Å². The van der Waals surface area contributed by atoms with Crippen molar-refractivity contribution in [3.05, 3.63) is 70.2 Å². The third kappa shape index (κ3) is 7.21. The minimum Gasteiger partial charge on any atom is -0.352 e. The Kier molecular flexibility index (Phi) is 9.78. The molecule has 0 aliphatic heterocycles. The van der Waals surface area contributed by atoms with Crippen LogP contribution < -0.4 is 5.32 Å². The molecule has 0 fully saturated rings. The predicted octanol–water partition coefficient (Wildman–Crippen LogP) is 5.18. The summed E-state index contributed by atoms with van der Waals surface area (Å²) in [6, 6.07) is 9.74. The van der Waals surface area contributed by atoms with Crippen molar-refractivity contribution in [2.75, 3.05) is 5.75 Å². The Bertz CT molecular complexity index is 893. The van der Waals surface area contributed by atoms with Crippen molar-refractivity contribution in [1.29, 1.82) is 0 Å². The smallest absolute Gasteiger partial charge is 0.242 e. The molecule has 2 aromatic carbocycles. The molecule has 0 saturated heterocycles. The zero-order chi connectivity index (χ0) is 23.0. The Morgan fingerprint density at radius 3 is 2.42 bits per heavy atom. The average molecular weight is 469 g/mol. The fourth-order valence-corrected chi connectivity index (χ4v) is 4.10. The number of hydrogen-bond donors (Lipinski definition) is 1. The van der Waals surface area contributed by atoms with Gasteiger partial charge in [0.1, 0.15) is 17.7 Å². The fraction of sp³-hybridized carbons (Fsp3) is 0.391. The second kappa shape index (κ2) is 12.1. The summed E-state index contributed by atoms with van der Waals surface area (Å²) in [5.74, 6) is -1.32. The van der Waals surface area contributed by atoms with Gasteiger partial charge in [-0.2, -0.15) is 0 Å². The van der Waals surface area contributed by atoms with Crippen LogP contribution in [0.4, 0.5) is 8.78 Å². The van der Waals surface area contributed by atoms with E-state index in [1.807, 2.05) is 13.8 Å². The van der Waals surface area contributed by atoms with Gasteiger partial charge in [-0.3, -0.25) is 9.59 Å². The second-order valence-electron chi connectivity index (χ2n) is 7.30. The van der Waals surface area contributed by atoms with Crippen molar-refractivity contribution in [1.82, 2.24) is 10.2 Å². The summed E-state index contributed by atoms with van der Waals surface area (Å²) in [5.41, 5.74) is 0.645. The van der Waals surface area contributed by atoms with E-state index in [2.05, 4.69) is 5.32 Å². The first-order valence-electron chi connectivity index (χ1n) is 10.1. The van der Waals surface area contributed by atoms with Crippen LogP contribution in [0.25, 0.3) is 0 Å². The molecular weight excluding hydrogens is 442 g/mol. The Hall–Kier alpha value is -2.12. The molecule has 0 spiro atoms. The normalized spacial score (nSPS) is 12.8. The number of nitrogens with zero attached hydrogens (tertiary/aromatic N) is 1. The Balaban J connectivity index is 2.13. The van der Waals surface area contributed by atoms with Gasteiger partial charge in [-0.15, -0.1) is 11.8 Å². The fourth-order valence-electron chi connectivity index (χ4n) is 2.85. The molecule has 0 aromatic heterocycles. The molecule has 0 radical (unpaired) electrons. The number of carbonyl (C=O) groups excluding carboxylic acids is 2. The highest BCUT2D eigenvalue weighted by atomic mass is 35.5. The van der Waals surface area contributed by atoms with Gasteiger partial charge in [0.2, 0.25) is 11.8 Å². The monoisotopic (exact) mass is 468 g/mol. The van der Waals surface area contributed by atoms with Gasteiger partial charge in [-0.05, 0) is 38.5 Å². The van der Waals surface area contributed by atoms with Gasteiger partial charge in [-0.1, -0.05) is 42.8 Å². The predicted molar refractivity (Wildman–Crippen MR) is 122 cm³/mol. The van der Waals surface area contributed by atoms with E-state index in [1.54, 1.807) is 31.2 Å². The molecule has 0 heterocycles. The summed E-state index contributed by atoms with van der Waals surface area (Å²) in [6.45, 7) is 5.40. The zero-order valence-electron chi connectivity index (χ0n) is 17.8. The van der Waals surface area contributed by atoms with Crippen molar-refractivity contribution in [3.8, 4) is 0 Å². The number of benzene rings is 2. The van der Waals surface area contributed by atoms with Gasteiger partial charge in [0.05, 0.1) is 5.75 Å². The van der Waals surface area contributed by atoms with Crippen LogP contribution in [0.15, 0.2) is 42.5 Å². The Morgan fingerprint density at radius 2 is 1.77 bits per heavy atom. The number of halogens is 3. The maximum Gasteiger partial charge on any atom is 0.242 e. The summed E-state index contributed by atoms with van der Waals surface area (Å²) in [4.78, 5) is 27.0. The Labute approximate surface area is 191 Å². The molecule has 0 saturated carbocycles. The van der Waals surface area contributed by atoms with E-state index in [0.29, 0.717) is 16.1 Å². The molecule has 0 aliphatic rings. The van der Waals surface area contributed by atoms with E-state index >= 15 is 0 Å². The average Bonchev–Trinajstić information content (AvgIpc) is 2.74. The van der Waals surface area contributed by atoms with Crippen LogP contribution in [0.5, 0.6) is 0 Å². The molecule has 0 unspecified atom stereocenters. The number of rotatable bonds is 10. The highest BCUT2D eigenvalue weighted by molar-refractivity contribution is 7.99. The van der Waals surface area contributed by atoms with E-state index in [4.69, 9.17) is 11.6 Å². The molecule has 1 N–H and O–H groups in total. The SMILES string of the molecule is CC[C@@H](C)NC(=O)[C@@H](C)N(Cc1ccccc1F)C(=O)CSCc1c(F)cccc1Cl. The van der Waals surface area contributed by atoms with Crippen molar-refractivity contribution in [2.45, 2.75) is 51.6 Å². The molecule has 0 bridgehead atoms. The molecule has 168 valence electrons. The summed E-state index contributed by atoms with van der Waals surface area (Å²) in [5, 5.41) is 3.16. The molecule has 31 heavy (non-hydrogen) atoms. The molecular formula is C23H27ClF2N2O2S. The minimum atomic E-state index is -0.793. The van der Waals surface area contributed by atoms with Gasteiger partial charge in [-0.25, -0.2) is 8.78 Å². The molecule has 2 aromatic rings. The van der Waals surface area contributed by atoms with E-state index in [1.165, 1.54) is 34.9 Å². The van der Waals surface area contributed by atoms with E-state index in [9.17, 15) is 18.4 Å². The first-order chi connectivity index (χ1) is 14.7. The van der Waals surface area contributed by atoms with Crippen LogP contribution in [0.1, 0.15) is 38.3 Å². The molecule has 2 amide bonds. The van der Waals surface area contributed by atoms with Gasteiger partial charge in [0, 0.05) is 34.5 Å². The maximum absolute atomic E-state index is 14.2. The summed E-state index contributed by atoms with van der Waals surface area (Å²) < 4.78 is 28.2. The third-order valence-corrected chi connectivity index (χ3v) is 6.30. The number of nitrogens with one attached hydrogen (secondary N) is 1. The molecule has 8 heteroatoms. The van der Waals surface area contributed by atoms with E-state index in [-0.39, 0.29) is 35.9 Å². The van der Waals surface area contributed by atoms with Crippen LogP contribution in [-0.4, -0.2) is 34.6 Å². The van der Waals surface area contributed by atoms with Gasteiger partial charge in [0.25, 0.3) is 0 Å². The summed E-state index contributed by atoms with van der Waals surface area (Å²) in [7, 11) is 0. The maximum atomic E-state index is 14.2. The molecule has 2 atom stereocenters. The van der Waals surface area contributed by atoms with Crippen molar-refractivity contribution < 1.29 is 18.4 Å². The highest BCUT2D eigenvalue weighted by Crippen LogP contribution is 2.24. The lowest BCUT2D eigenvalue weighted by Crippen LogP contribution is -2.50. The first-order valence-corrected chi connectivity index (χ1v) is 11.6. The zero-order valence-corrected chi connectivity index (χ0v) is 19.4. The third-order valence-electron chi connectivity index (χ3n) is 5.00. The van der Waals surface area contributed by atoms with E-state index in [0.717, 1.165) is 6.42 Å². The van der Waals surface area contributed by atoms with Crippen LogP contribution >= 0.6 is 23.4 Å². The van der Waals surface area contributed by atoms with Crippen molar-refractivity contribution >= 4 is 35.2 Å². The summed E-state index contributed by atoms with van der Waals surface area (Å²) >= 11 is 7.24. The molecule has 4 nitrogen and oxygen atoms in total. The largest absolute Gasteiger partial charge is 0.352 e. The second-order valence-corrected chi connectivity index (χ2v) is 8.69. The lowest BCUT2D eigenvalue weighted by Gasteiger charge is -2.29. The van der Waals surface area contributed by atoms with Crippen molar-refractivity contribution in [2.24, 2.45) is 0 Å². The quantitative estimate of drug-likeness (QED) is 0.522. The number of amides is 2. The molecule has 2 rings (SSSR count). The molecule has 0 aliphatic carbocycles. The van der Waals surface area contributed by atoms with Gasteiger partial charge >= 0.3 is 0 Å². The van der Waals surface area contributed by atoms with E-state index < -0.39 is 17.7 Å². The van der Waals surface area contributed by atoms with Crippen molar-refractivity contribution in [3.63, 3.8) is 0 Å². The van der Waals surface area contributed by atoms with Crippen LogP contribution in [0, 0.1) is 11.6 Å². The lowest BCUT2D eigenvalue weighted by molar-refractivity contribution is -0.139. The Morgan fingerprint density at radius 1 is 1.10 bits per heavy atom. The van der Waals surface area contributed by atoms with Crippen LogP contribution in [0.2, 0.25) is 5.02 Å². The summed E-state index contributed by atoms with van der Waals surface area (Å²) in [6.07, 6.45) is 0.749. The van der Waals surface area contributed by atoms with Gasteiger partial charge in [0.15, 0.2) is 0 Å². The first kappa shape index (κ1) is 25.1. The standard InChI is InChI=1S/C23H27ClF2N2O2S/c1-4-15(2)27-23(30)16(3)28(12-17-8-5-6-10-20(17)25)22(29)14-31-13-18-19(24)9-7-11-21(18)26/h5-11,15-16H,4,12-14H2,1-3H3,(H,27,30)/t15-,16-/m1/s1. The number of thioether (sulfide) groups is 1. The minimum absolute atomic E-state index is 0.0000666. The highest BCUT2D eigenvalue weighted by Gasteiger charge is 2.27. The number of carbonyl (C=O) groups is 2. The van der Waals surface area contributed by atoms with Crippen LogP contribution in [-0.2, 0) is 21.9 Å². The topological polar surface area (TPSA) is 49.4 Å². The lowest BCUT2D eigenvalue weighted by atomic mass is 10.1.